The van der Waals surface area contributed by atoms with Crippen molar-refractivity contribution in [3.05, 3.63) is 41.2 Å². The highest BCUT2D eigenvalue weighted by atomic mass is 35.5. The first-order valence-electron chi connectivity index (χ1n) is 4.44. The number of hydrogen-bond acceptors (Lipinski definition) is 1. The second kappa shape index (κ2) is 3.46. The minimum Gasteiger partial charge on any atom is -0.256 e. The number of halogens is 1. The molecule has 0 bridgehead atoms. The Labute approximate surface area is 88.1 Å². The van der Waals surface area contributed by atoms with Crippen LogP contribution in [0.5, 0.6) is 0 Å². The van der Waals surface area contributed by atoms with Crippen LogP contribution in [-0.4, -0.2) is 9.78 Å². The molecule has 3 heteroatoms. The van der Waals surface area contributed by atoms with Gasteiger partial charge in [0.05, 0.1) is 5.69 Å². The van der Waals surface area contributed by atoms with Gasteiger partial charge < -0.3 is 0 Å². The van der Waals surface area contributed by atoms with Crippen molar-refractivity contribution < 1.29 is 0 Å². The van der Waals surface area contributed by atoms with Crippen molar-refractivity contribution in [3.63, 3.8) is 0 Å². The number of hydrogen-bond donors (Lipinski definition) is 0. The number of aromatic nitrogens is 2. The van der Waals surface area contributed by atoms with Gasteiger partial charge in [0.1, 0.15) is 5.15 Å². The maximum absolute atomic E-state index is 6.15. The van der Waals surface area contributed by atoms with E-state index >= 15 is 0 Å². The topological polar surface area (TPSA) is 17.8 Å². The fourth-order valence-corrected chi connectivity index (χ4v) is 1.85. The first-order valence-corrected chi connectivity index (χ1v) is 4.82. The van der Waals surface area contributed by atoms with E-state index in [0.29, 0.717) is 5.15 Å². The van der Waals surface area contributed by atoms with E-state index in [4.69, 9.17) is 11.6 Å². The minimum absolute atomic E-state index is 0.689. The quantitative estimate of drug-likeness (QED) is 0.701. The molecule has 2 rings (SSSR count). The third kappa shape index (κ3) is 1.42. The molecule has 0 saturated heterocycles. The molecular weight excluding hydrogens is 196 g/mol. The zero-order valence-corrected chi connectivity index (χ0v) is 8.92. The average molecular weight is 207 g/mol. The Hall–Kier alpha value is -1.28. The second-order valence-corrected chi connectivity index (χ2v) is 3.60. The summed E-state index contributed by atoms with van der Waals surface area (Å²) < 4.78 is 1.69. The molecule has 0 fully saturated rings. The lowest BCUT2D eigenvalue weighted by Gasteiger charge is -1.99. The third-order valence-corrected chi connectivity index (χ3v) is 2.65. The van der Waals surface area contributed by atoms with Crippen molar-refractivity contribution in [2.45, 2.75) is 6.92 Å². The van der Waals surface area contributed by atoms with E-state index in [1.54, 1.807) is 4.68 Å². The van der Waals surface area contributed by atoms with E-state index in [0.717, 1.165) is 16.8 Å². The highest BCUT2D eigenvalue weighted by molar-refractivity contribution is 6.32. The smallest absolute Gasteiger partial charge is 0.134 e. The standard InChI is InChI=1S/C11H11ClN2/c1-8-10(11(12)14(2)13-8)9-6-4-3-5-7-9/h3-7H,1-2H3. The number of nitrogens with zero attached hydrogens (tertiary/aromatic N) is 2. The minimum atomic E-state index is 0.689. The van der Waals surface area contributed by atoms with Crippen LogP contribution in [0.25, 0.3) is 11.1 Å². The van der Waals surface area contributed by atoms with Gasteiger partial charge in [-0.05, 0) is 12.5 Å². The van der Waals surface area contributed by atoms with E-state index in [2.05, 4.69) is 5.10 Å². The summed E-state index contributed by atoms with van der Waals surface area (Å²) in [6, 6.07) is 10.1. The van der Waals surface area contributed by atoms with Crippen LogP contribution in [0.3, 0.4) is 0 Å². The Morgan fingerprint density at radius 3 is 2.36 bits per heavy atom. The van der Waals surface area contributed by atoms with Crippen LogP contribution in [0.15, 0.2) is 30.3 Å². The first-order chi connectivity index (χ1) is 6.70. The molecule has 0 N–H and O–H groups in total. The molecule has 0 saturated carbocycles. The molecule has 2 aromatic rings. The Balaban J connectivity index is 2.62. The lowest BCUT2D eigenvalue weighted by Crippen LogP contribution is -1.88. The SMILES string of the molecule is Cc1nn(C)c(Cl)c1-c1ccccc1. The Kier molecular flexibility index (Phi) is 2.30. The van der Waals surface area contributed by atoms with E-state index in [1.165, 1.54) is 0 Å². The maximum atomic E-state index is 6.15. The van der Waals surface area contributed by atoms with Crippen LogP contribution in [0.2, 0.25) is 5.15 Å². The summed E-state index contributed by atoms with van der Waals surface area (Å²) in [5.41, 5.74) is 3.10. The molecule has 0 aliphatic heterocycles. The molecule has 1 aromatic carbocycles. The van der Waals surface area contributed by atoms with Crippen molar-refractivity contribution in [2.24, 2.45) is 7.05 Å². The summed E-state index contributed by atoms with van der Waals surface area (Å²) in [6.45, 7) is 1.97. The zero-order valence-electron chi connectivity index (χ0n) is 8.16. The molecule has 0 amide bonds. The van der Waals surface area contributed by atoms with Crippen LogP contribution in [-0.2, 0) is 7.05 Å². The molecule has 72 valence electrons. The lowest BCUT2D eigenvalue weighted by atomic mass is 10.1. The third-order valence-electron chi connectivity index (χ3n) is 2.21. The highest BCUT2D eigenvalue weighted by Crippen LogP contribution is 2.29. The van der Waals surface area contributed by atoms with Crippen molar-refractivity contribution in [3.8, 4) is 11.1 Å². The Bertz CT molecular complexity index is 446. The van der Waals surface area contributed by atoms with E-state index in [9.17, 15) is 0 Å². The zero-order chi connectivity index (χ0) is 10.1. The summed E-state index contributed by atoms with van der Waals surface area (Å²) in [6.07, 6.45) is 0. The Morgan fingerprint density at radius 2 is 1.86 bits per heavy atom. The normalized spacial score (nSPS) is 10.5. The average Bonchev–Trinajstić information content (AvgIpc) is 2.43. The molecule has 0 spiro atoms. The van der Waals surface area contributed by atoms with Crippen molar-refractivity contribution in [1.82, 2.24) is 9.78 Å². The van der Waals surface area contributed by atoms with Crippen LogP contribution < -0.4 is 0 Å². The van der Waals surface area contributed by atoms with Gasteiger partial charge in [0.2, 0.25) is 0 Å². The molecule has 0 radical (unpaired) electrons. The Morgan fingerprint density at radius 1 is 1.21 bits per heavy atom. The van der Waals surface area contributed by atoms with Gasteiger partial charge in [0, 0.05) is 12.6 Å². The first kappa shape index (κ1) is 9.28. The maximum Gasteiger partial charge on any atom is 0.134 e. The number of rotatable bonds is 1. The molecule has 0 aliphatic rings. The fourth-order valence-electron chi connectivity index (χ4n) is 1.56. The van der Waals surface area contributed by atoms with Crippen molar-refractivity contribution in [1.29, 1.82) is 0 Å². The van der Waals surface area contributed by atoms with Crippen LogP contribution in [0.4, 0.5) is 0 Å². The molecule has 0 aliphatic carbocycles. The predicted octanol–water partition coefficient (Wildman–Crippen LogP) is 3.05. The van der Waals surface area contributed by atoms with Gasteiger partial charge in [-0.3, -0.25) is 4.68 Å². The van der Waals surface area contributed by atoms with E-state index in [-0.39, 0.29) is 0 Å². The summed E-state index contributed by atoms with van der Waals surface area (Å²) in [5, 5.41) is 4.96. The number of benzene rings is 1. The molecule has 0 unspecified atom stereocenters. The molecule has 1 heterocycles. The fraction of sp³-hybridized carbons (Fsp3) is 0.182. The van der Waals surface area contributed by atoms with Crippen LogP contribution >= 0.6 is 11.6 Å². The van der Waals surface area contributed by atoms with Gasteiger partial charge in [-0.1, -0.05) is 41.9 Å². The van der Waals surface area contributed by atoms with Gasteiger partial charge in [0.15, 0.2) is 0 Å². The van der Waals surface area contributed by atoms with Gasteiger partial charge >= 0.3 is 0 Å². The molecule has 0 atom stereocenters. The van der Waals surface area contributed by atoms with Gasteiger partial charge in [-0.2, -0.15) is 5.10 Å². The largest absolute Gasteiger partial charge is 0.256 e. The highest BCUT2D eigenvalue weighted by Gasteiger charge is 2.12. The summed E-state index contributed by atoms with van der Waals surface area (Å²) in [7, 11) is 1.85. The van der Waals surface area contributed by atoms with Gasteiger partial charge in [0.25, 0.3) is 0 Å². The molecule has 1 aromatic heterocycles. The monoisotopic (exact) mass is 206 g/mol. The van der Waals surface area contributed by atoms with Crippen LogP contribution in [0, 0.1) is 6.92 Å². The van der Waals surface area contributed by atoms with Gasteiger partial charge in [-0.15, -0.1) is 0 Å². The van der Waals surface area contributed by atoms with Crippen molar-refractivity contribution >= 4 is 11.6 Å². The van der Waals surface area contributed by atoms with E-state index < -0.39 is 0 Å². The van der Waals surface area contributed by atoms with Crippen molar-refractivity contribution in [2.75, 3.05) is 0 Å². The summed E-state index contributed by atoms with van der Waals surface area (Å²) in [4.78, 5) is 0. The summed E-state index contributed by atoms with van der Waals surface area (Å²) >= 11 is 6.15. The lowest BCUT2D eigenvalue weighted by molar-refractivity contribution is 0.757. The van der Waals surface area contributed by atoms with Crippen LogP contribution in [0.1, 0.15) is 5.69 Å². The second-order valence-electron chi connectivity index (χ2n) is 3.24. The molecule has 14 heavy (non-hydrogen) atoms. The molecule has 2 nitrogen and oxygen atoms in total. The summed E-state index contributed by atoms with van der Waals surface area (Å²) in [5.74, 6) is 0. The molecular formula is C11H11ClN2. The van der Waals surface area contributed by atoms with Gasteiger partial charge in [-0.25, -0.2) is 0 Å². The number of aryl methyl sites for hydroxylation is 2. The van der Waals surface area contributed by atoms with E-state index in [1.807, 2.05) is 44.3 Å². The predicted molar refractivity (Wildman–Crippen MR) is 58.4 cm³/mol.